The van der Waals surface area contributed by atoms with Gasteiger partial charge in [0, 0.05) is 43.4 Å². The molecule has 1 aliphatic carbocycles. The van der Waals surface area contributed by atoms with E-state index >= 15 is 0 Å². The van der Waals surface area contributed by atoms with E-state index in [1.165, 1.54) is 11.1 Å². The first-order chi connectivity index (χ1) is 14.9. The molecule has 4 nitrogen and oxygen atoms in total. The van der Waals surface area contributed by atoms with E-state index in [2.05, 4.69) is 36.2 Å². The monoisotopic (exact) mass is 442 g/mol. The summed E-state index contributed by atoms with van der Waals surface area (Å²) in [6.45, 7) is 3.99. The number of benzene rings is 2. The summed E-state index contributed by atoms with van der Waals surface area (Å²) in [5.41, 5.74) is 4.36. The molecule has 0 bridgehead atoms. The number of carbonyl (C=O) groups excluding carboxylic acids is 1. The fourth-order valence-electron chi connectivity index (χ4n) is 4.57. The Hall–Kier alpha value is -1.88. The first-order valence-corrected chi connectivity index (χ1v) is 11.7. The van der Waals surface area contributed by atoms with Crippen LogP contribution in [0.25, 0.3) is 0 Å². The molecule has 1 amide bonds. The summed E-state index contributed by atoms with van der Waals surface area (Å²) in [7, 11) is 4.02. The lowest BCUT2D eigenvalue weighted by Gasteiger charge is -2.35. The maximum absolute atomic E-state index is 12.9. The summed E-state index contributed by atoms with van der Waals surface area (Å²) in [4.78, 5) is 17.1. The van der Waals surface area contributed by atoms with Crippen molar-refractivity contribution in [2.24, 2.45) is 0 Å². The zero-order valence-electron chi connectivity index (χ0n) is 19.0. The molecular weight excluding hydrogens is 408 g/mol. The quantitative estimate of drug-likeness (QED) is 0.606. The Morgan fingerprint density at radius 2 is 1.74 bits per heavy atom. The smallest absolute Gasteiger partial charge is 0.253 e. The number of carbonyl (C=O) groups is 1. The van der Waals surface area contributed by atoms with Gasteiger partial charge in [-0.3, -0.25) is 4.79 Å². The van der Waals surface area contributed by atoms with Crippen LogP contribution in [-0.2, 0) is 6.54 Å². The number of halogens is 1. The van der Waals surface area contributed by atoms with Crippen molar-refractivity contribution in [2.45, 2.75) is 57.5 Å². The van der Waals surface area contributed by atoms with Gasteiger partial charge in [0.05, 0.1) is 0 Å². The van der Waals surface area contributed by atoms with E-state index in [0.717, 1.165) is 50.8 Å². The maximum atomic E-state index is 12.9. The second kappa shape index (κ2) is 11.1. The molecule has 31 heavy (non-hydrogen) atoms. The normalized spacial score (nSPS) is 18.9. The zero-order chi connectivity index (χ0) is 22.4. The van der Waals surface area contributed by atoms with Crippen LogP contribution in [0.5, 0.6) is 0 Å². The predicted molar refractivity (Wildman–Crippen MR) is 128 cm³/mol. The molecule has 2 aromatic rings. The largest absolute Gasteiger partial charge is 0.396 e. The highest BCUT2D eigenvalue weighted by Crippen LogP contribution is 2.35. The van der Waals surface area contributed by atoms with Crippen LogP contribution in [-0.4, -0.2) is 54.1 Å². The van der Waals surface area contributed by atoms with Crippen molar-refractivity contribution in [2.75, 3.05) is 27.2 Å². The third kappa shape index (κ3) is 6.31. The van der Waals surface area contributed by atoms with Crippen molar-refractivity contribution in [3.8, 4) is 0 Å². The molecule has 0 aromatic heterocycles. The van der Waals surface area contributed by atoms with E-state index in [9.17, 15) is 4.79 Å². The molecule has 0 atom stereocenters. The van der Waals surface area contributed by atoms with Gasteiger partial charge in [0.25, 0.3) is 5.91 Å². The molecule has 0 heterocycles. The van der Waals surface area contributed by atoms with Gasteiger partial charge in [-0.1, -0.05) is 35.9 Å². The van der Waals surface area contributed by atoms with Crippen LogP contribution in [0.2, 0.25) is 5.02 Å². The van der Waals surface area contributed by atoms with E-state index in [0.29, 0.717) is 22.5 Å². The van der Waals surface area contributed by atoms with Crippen LogP contribution in [0.3, 0.4) is 0 Å². The van der Waals surface area contributed by atoms with Crippen LogP contribution >= 0.6 is 11.6 Å². The molecule has 168 valence electrons. The fourth-order valence-corrected chi connectivity index (χ4v) is 4.69. The first kappa shape index (κ1) is 23.8. The van der Waals surface area contributed by atoms with Gasteiger partial charge < -0.3 is 14.9 Å². The SMILES string of the molecule is Cc1cc(C(=O)N(C)[C@H]2CC[C@H](c3ccc(CN(C)CCCO)cc3)CC2)ccc1Cl. The van der Waals surface area contributed by atoms with Gasteiger partial charge in [0.1, 0.15) is 0 Å². The third-order valence-corrected chi connectivity index (χ3v) is 7.00. The van der Waals surface area contributed by atoms with Crippen LogP contribution in [0.4, 0.5) is 0 Å². The minimum absolute atomic E-state index is 0.0814. The second-order valence-corrected chi connectivity index (χ2v) is 9.35. The molecule has 1 aliphatic rings. The van der Waals surface area contributed by atoms with Gasteiger partial charge in [-0.25, -0.2) is 0 Å². The fraction of sp³-hybridized carbons (Fsp3) is 0.500. The first-order valence-electron chi connectivity index (χ1n) is 11.3. The van der Waals surface area contributed by atoms with Gasteiger partial charge in [0.2, 0.25) is 0 Å². The topological polar surface area (TPSA) is 43.8 Å². The van der Waals surface area contributed by atoms with Crippen LogP contribution in [0, 0.1) is 6.92 Å². The number of hydrogen-bond acceptors (Lipinski definition) is 3. The molecule has 1 fully saturated rings. The van der Waals surface area contributed by atoms with Crippen LogP contribution in [0.15, 0.2) is 42.5 Å². The van der Waals surface area contributed by atoms with Crippen molar-refractivity contribution >= 4 is 17.5 Å². The number of aliphatic hydroxyl groups excluding tert-OH is 1. The molecule has 0 radical (unpaired) electrons. The third-order valence-electron chi connectivity index (χ3n) is 6.57. The summed E-state index contributed by atoms with van der Waals surface area (Å²) < 4.78 is 0. The Kier molecular flexibility index (Phi) is 8.53. The molecule has 0 saturated heterocycles. The van der Waals surface area contributed by atoms with E-state index in [1.807, 2.05) is 37.1 Å². The van der Waals surface area contributed by atoms with Crippen molar-refractivity contribution in [1.29, 1.82) is 0 Å². The van der Waals surface area contributed by atoms with Gasteiger partial charge in [-0.15, -0.1) is 0 Å². The summed E-state index contributed by atoms with van der Waals surface area (Å²) in [5, 5.41) is 9.67. The van der Waals surface area contributed by atoms with Crippen molar-refractivity contribution < 1.29 is 9.90 Å². The number of amides is 1. The standard InChI is InChI=1S/C26H35ClN2O2/c1-19-17-23(11-14-25(19)27)26(31)29(3)24-12-9-22(10-13-24)21-7-5-20(6-8-21)18-28(2)15-4-16-30/h5-8,11,14,17,22,24,30H,4,9-10,12-13,15-16,18H2,1-3H3/t22-,24-. The Bertz CT molecular complexity index is 860. The molecule has 0 aliphatic heterocycles. The van der Waals surface area contributed by atoms with Gasteiger partial charge >= 0.3 is 0 Å². The van der Waals surface area contributed by atoms with Crippen LogP contribution in [0.1, 0.15) is 65.1 Å². The zero-order valence-corrected chi connectivity index (χ0v) is 19.7. The summed E-state index contributed by atoms with van der Waals surface area (Å²) in [6.07, 6.45) is 5.10. The summed E-state index contributed by atoms with van der Waals surface area (Å²) >= 11 is 6.11. The predicted octanol–water partition coefficient (Wildman–Crippen LogP) is 5.26. The highest BCUT2D eigenvalue weighted by molar-refractivity contribution is 6.31. The molecule has 0 spiro atoms. The lowest BCUT2D eigenvalue weighted by molar-refractivity contribution is 0.0689. The van der Waals surface area contributed by atoms with Gasteiger partial charge in [0.15, 0.2) is 0 Å². The number of hydrogen-bond donors (Lipinski definition) is 1. The second-order valence-electron chi connectivity index (χ2n) is 8.94. The highest BCUT2D eigenvalue weighted by Gasteiger charge is 2.28. The number of aliphatic hydroxyl groups is 1. The lowest BCUT2D eigenvalue weighted by atomic mass is 9.81. The molecule has 2 aromatic carbocycles. The molecule has 0 unspecified atom stereocenters. The minimum atomic E-state index is 0.0814. The maximum Gasteiger partial charge on any atom is 0.253 e. The van der Waals surface area contributed by atoms with E-state index in [1.54, 1.807) is 0 Å². The van der Waals surface area contributed by atoms with Crippen molar-refractivity contribution in [1.82, 2.24) is 9.80 Å². The minimum Gasteiger partial charge on any atom is -0.396 e. The Balaban J connectivity index is 1.52. The lowest BCUT2D eigenvalue weighted by Crippen LogP contribution is -2.39. The molecule has 1 N–H and O–H groups in total. The van der Waals surface area contributed by atoms with E-state index in [4.69, 9.17) is 16.7 Å². The highest BCUT2D eigenvalue weighted by atomic mass is 35.5. The molecule has 5 heteroatoms. The van der Waals surface area contributed by atoms with Crippen molar-refractivity contribution in [3.05, 3.63) is 69.7 Å². The van der Waals surface area contributed by atoms with Crippen LogP contribution < -0.4 is 0 Å². The van der Waals surface area contributed by atoms with Gasteiger partial charge in [-0.2, -0.15) is 0 Å². The number of aryl methyl sites for hydroxylation is 1. The van der Waals surface area contributed by atoms with Gasteiger partial charge in [-0.05, 0) is 86.9 Å². The van der Waals surface area contributed by atoms with Crippen molar-refractivity contribution in [3.63, 3.8) is 0 Å². The number of nitrogens with zero attached hydrogens (tertiary/aromatic N) is 2. The Morgan fingerprint density at radius 3 is 2.35 bits per heavy atom. The number of rotatable bonds is 8. The Labute approximate surface area is 191 Å². The molecule has 1 saturated carbocycles. The average molecular weight is 443 g/mol. The molecular formula is C26H35ClN2O2. The van der Waals surface area contributed by atoms with E-state index < -0.39 is 0 Å². The summed E-state index contributed by atoms with van der Waals surface area (Å²) in [5.74, 6) is 0.650. The van der Waals surface area contributed by atoms with E-state index in [-0.39, 0.29) is 12.5 Å². The Morgan fingerprint density at radius 1 is 1.06 bits per heavy atom. The molecule has 3 rings (SSSR count). The summed E-state index contributed by atoms with van der Waals surface area (Å²) in [6, 6.07) is 14.8. The average Bonchev–Trinajstić information content (AvgIpc) is 2.79.